The van der Waals surface area contributed by atoms with E-state index in [9.17, 15) is 9.90 Å². The fraction of sp³-hybridized carbons (Fsp3) is 0.423. The van der Waals surface area contributed by atoms with E-state index in [0.29, 0.717) is 44.8 Å². The van der Waals surface area contributed by atoms with E-state index in [2.05, 4.69) is 10.2 Å². The Bertz CT molecular complexity index is 1130. The Labute approximate surface area is 203 Å². The highest BCUT2D eigenvalue weighted by atomic mass is 35.5. The van der Waals surface area contributed by atoms with Gasteiger partial charge in [0.25, 0.3) is 5.91 Å². The predicted molar refractivity (Wildman–Crippen MR) is 129 cm³/mol. The standard InChI is InChI=1S/C26H29ClN2O5/c27-21-4-1-18(2-5-21)16-29-9-7-26(31,8-10-29)20-3-6-23-19(13-20)14-24(34-23)25(30)28-15-22-17-32-11-12-33-22/h1-6,13-14,22,31H,7-12,15-17H2,(H,28,30). The number of aliphatic hydroxyl groups is 1. The zero-order valence-corrected chi connectivity index (χ0v) is 19.7. The van der Waals surface area contributed by atoms with E-state index in [4.69, 9.17) is 25.5 Å². The molecule has 0 spiro atoms. The van der Waals surface area contributed by atoms with Crippen LogP contribution in [0.4, 0.5) is 0 Å². The van der Waals surface area contributed by atoms with Gasteiger partial charge in [0.1, 0.15) is 5.58 Å². The lowest BCUT2D eigenvalue weighted by atomic mass is 9.84. The van der Waals surface area contributed by atoms with Crippen LogP contribution in [0.2, 0.25) is 5.02 Å². The Morgan fingerprint density at radius 3 is 2.65 bits per heavy atom. The molecule has 1 unspecified atom stereocenters. The quantitative estimate of drug-likeness (QED) is 0.555. The highest BCUT2D eigenvalue weighted by molar-refractivity contribution is 6.30. The van der Waals surface area contributed by atoms with Gasteiger partial charge in [0.05, 0.1) is 31.5 Å². The Morgan fingerprint density at radius 1 is 1.12 bits per heavy atom. The number of ether oxygens (including phenoxy) is 2. The van der Waals surface area contributed by atoms with Crippen molar-refractivity contribution < 1.29 is 23.8 Å². The van der Waals surface area contributed by atoms with Crippen molar-refractivity contribution in [2.75, 3.05) is 39.5 Å². The molecule has 2 aliphatic heterocycles. The molecule has 1 amide bonds. The maximum Gasteiger partial charge on any atom is 0.287 e. The van der Waals surface area contributed by atoms with E-state index in [1.54, 1.807) is 6.07 Å². The van der Waals surface area contributed by atoms with E-state index in [1.807, 2.05) is 42.5 Å². The minimum Gasteiger partial charge on any atom is -0.451 e. The van der Waals surface area contributed by atoms with Gasteiger partial charge >= 0.3 is 0 Å². The Morgan fingerprint density at radius 2 is 1.91 bits per heavy atom. The molecule has 5 rings (SSSR count). The van der Waals surface area contributed by atoms with E-state index in [-0.39, 0.29) is 17.8 Å². The summed E-state index contributed by atoms with van der Waals surface area (Å²) in [7, 11) is 0. The molecule has 7 nitrogen and oxygen atoms in total. The predicted octanol–water partition coefficient (Wildman–Crippen LogP) is 3.72. The summed E-state index contributed by atoms with van der Waals surface area (Å²) < 4.78 is 16.7. The van der Waals surface area contributed by atoms with Gasteiger partial charge in [0.15, 0.2) is 5.76 Å². The highest BCUT2D eigenvalue weighted by Crippen LogP contribution is 2.35. The number of hydrogen-bond acceptors (Lipinski definition) is 6. The van der Waals surface area contributed by atoms with Crippen molar-refractivity contribution in [3.63, 3.8) is 0 Å². The number of benzene rings is 2. The molecule has 1 atom stereocenters. The van der Waals surface area contributed by atoms with Gasteiger partial charge in [-0.05, 0) is 54.3 Å². The van der Waals surface area contributed by atoms with Gasteiger partial charge in [-0.3, -0.25) is 9.69 Å². The number of furan rings is 1. The third kappa shape index (κ3) is 5.29. The van der Waals surface area contributed by atoms with Crippen molar-refractivity contribution >= 4 is 28.5 Å². The Balaban J connectivity index is 1.21. The van der Waals surface area contributed by atoms with Gasteiger partial charge in [-0.2, -0.15) is 0 Å². The summed E-state index contributed by atoms with van der Waals surface area (Å²) in [6, 6.07) is 15.3. The topological polar surface area (TPSA) is 84.2 Å². The van der Waals surface area contributed by atoms with Crippen molar-refractivity contribution in [2.45, 2.75) is 31.1 Å². The maximum absolute atomic E-state index is 12.5. The third-order valence-electron chi connectivity index (χ3n) is 6.66. The monoisotopic (exact) mass is 484 g/mol. The molecule has 2 saturated heterocycles. The average Bonchev–Trinajstić information content (AvgIpc) is 3.30. The van der Waals surface area contributed by atoms with Gasteiger partial charge in [0, 0.05) is 36.6 Å². The van der Waals surface area contributed by atoms with Gasteiger partial charge < -0.3 is 24.3 Å². The van der Waals surface area contributed by atoms with Crippen molar-refractivity contribution in [3.8, 4) is 0 Å². The summed E-state index contributed by atoms with van der Waals surface area (Å²) >= 11 is 5.98. The molecular weight excluding hydrogens is 456 g/mol. The molecule has 34 heavy (non-hydrogen) atoms. The number of carbonyl (C=O) groups excluding carboxylic acids is 1. The number of nitrogens with one attached hydrogen (secondary N) is 1. The van der Waals surface area contributed by atoms with Crippen LogP contribution in [0.1, 0.15) is 34.5 Å². The number of hydrogen-bond donors (Lipinski definition) is 2. The van der Waals surface area contributed by atoms with E-state index >= 15 is 0 Å². The summed E-state index contributed by atoms with van der Waals surface area (Å²) in [5.41, 5.74) is 1.78. The second kappa shape index (κ2) is 10.1. The molecule has 1 aromatic heterocycles. The van der Waals surface area contributed by atoms with Crippen LogP contribution in [0, 0.1) is 0 Å². The molecular formula is C26H29ClN2O5. The van der Waals surface area contributed by atoms with E-state index < -0.39 is 5.60 Å². The first-order valence-electron chi connectivity index (χ1n) is 11.7. The minimum absolute atomic E-state index is 0.145. The minimum atomic E-state index is -0.900. The number of likely N-dealkylation sites (tertiary alicyclic amines) is 1. The molecule has 3 heterocycles. The molecule has 0 aliphatic carbocycles. The smallest absolute Gasteiger partial charge is 0.287 e. The molecule has 2 aliphatic rings. The number of rotatable bonds is 6. The van der Waals surface area contributed by atoms with Gasteiger partial charge in [-0.25, -0.2) is 0 Å². The summed E-state index contributed by atoms with van der Waals surface area (Å²) in [6.07, 6.45) is 1.13. The van der Waals surface area contributed by atoms with Crippen LogP contribution < -0.4 is 5.32 Å². The molecule has 0 bridgehead atoms. The van der Waals surface area contributed by atoms with Crippen LogP contribution in [0.5, 0.6) is 0 Å². The van der Waals surface area contributed by atoms with Crippen molar-refractivity contribution in [2.24, 2.45) is 0 Å². The molecule has 180 valence electrons. The number of halogens is 1. The highest BCUT2D eigenvalue weighted by Gasteiger charge is 2.34. The molecule has 2 aromatic carbocycles. The van der Waals surface area contributed by atoms with Crippen LogP contribution in [0.3, 0.4) is 0 Å². The van der Waals surface area contributed by atoms with Crippen LogP contribution in [-0.4, -0.2) is 61.5 Å². The fourth-order valence-electron chi connectivity index (χ4n) is 4.61. The van der Waals surface area contributed by atoms with Gasteiger partial charge in [0.2, 0.25) is 0 Å². The molecule has 2 N–H and O–H groups in total. The Kier molecular flexibility index (Phi) is 6.90. The maximum atomic E-state index is 12.5. The third-order valence-corrected chi connectivity index (χ3v) is 6.91. The first-order chi connectivity index (χ1) is 16.5. The van der Waals surface area contributed by atoms with Crippen molar-refractivity contribution in [3.05, 3.63) is 70.4 Å². The average molecular weight is 485 g/mol. The second-order valence-electron chi connectivity index (χ2n) is 9.08. The zero-order chi connectivity index (χ0) is 23.5. The molecule has 0 saturated carbocycles. The summed E-state index contributed by atoms with van der Waals surface area (Å²) in [6.45, 7) is 4.39. The first-order valence-corrected chi connectivity index (χ1v) is 12.1. The van der Waals surface area contributed by atoms with Crippen molar-refractivity contribution in [1.29, 1.82) is 0 Å². The molecule has 0 radical (unpaired) electrons. The fourth-order valence-corrected chi connectivity index (χ4v) is 4.74. The SMILES string of the molecule is O=C(NCC1COCCO1)c1cc2cc(C3(O)CCN(Cc4ccc(Cl)cc4)CC3)ccc2o1. The van der Waals surface area contributed by atoms with E-state index in [0.717, 1.165) is 35.6 Å². The number of amides is 1. The van der Waals surface area contributed by atoms with Crippen LogP contribution in [0.25, 0.3) is 11.0 Å². The summed E-state index contributed by atoms with van der Waals surface area (Å²) in [5.74, 6) is -0.0465. The summed E-state index contributed by atoms with van der Waals surface area (Å²) in [4.78, 5) is 14.9. The first kappa shape index (κ1) is 23.3. The van der Waals surface area contributed by atoms with Gasteiger partial charge in [-0.15, -0.1) is 0 Å². The largest absolute Gasteiger partial charge is 0.451 e. The molecule has 3 aromatic rings. The van der Waals surface area contributed by atoms with Gasteiger partial charge in [-0.1, -0.05) is 29.8 Å². The van der Waals surface area contributed by atoms with E-state index in [1.165, 1.54) is 5.56 Å². The number of carbonyl (C=O) groups is 1. The number of piperidine rings is 1. The Hall–Kier alpha value is -2.42. The summed E-state index contributed by atoms with van der Waals surface area (Å²) in [5, 5.41) is 15.8. The van der Waals surface area contributed by atoms with Crippen LogP contribution >= 0.6 is 11.6 Å². The van der Waals surface area contributed by atoms with Crippen LogP contribution in [0.15, 0.2) is 52.9 Å². The lowest BCUT2D eigenvalue weighted by Crippen LogP contribution is -2.42. The molecule has 8 heteroatoms. The normalized spacial score (nSPS) is 20.9. The number of fused-ring (bicyclic) bond motifs is 1. The van der Waals surface area contributed by atoms with Crippen LogP contribution in [-0.2, 0) is 21.6 Å². The zero-order valence-electron chi connectivity index (χ0n) is 19.0. The second-order valence-corrected chi connectivity index (χ2v) is 9.51. The van der Waals surface area contributed by atoms with Crippen molar-refractivity contribution in [1.82, 2.24) is 10.2 Å². The number of nitrogens with zero attached hydrogens (tertiary/aromatic N) is 1. The lowest BCUT2D eigenvalue weighted by Gasteiger charge is -2.38. The lowest BCUT2D eigenvalue weighted by molar-refractivity contribution is -0.0856. The molecule has 2 fully saturated rings.